The molecule has 1 aliphatic heterocycles. The molecule has 2 aliphatic rings. The van der Waals surface area contributed by atoms with Crippen LogP contribution in [0.4, 0.5) is 4.79 Å². The Hall–Kier alpha value is -1.46. The van der Waals surface area contributed by atoms with Crippen molar-refractivity contribution in [3.8, 4) is 0 Å². The SMILES string of the molecule is CCOC(=O)N1CCC(N=C(N)NC2CC2)CC1. The highest BCUT2D eigenvalue weighted by molar-refractivity contribution is 5.78. The summed E-state index contributed by atoms with van der Waals surface area (Å²) >= 11 is 0. The van der Waals surface area contributed by atoms with Crippen LogP contribution in [0.5, 0.6) is 0 Å². The molecule has 1 saturated heterocycles. The van der Waals surface area contributed by atoms with Crippen LogP contribution in [0.1, 0.15) is 32.6 Å². The van der Waals surface area contributed by atoms with Gasteiger partial charge in [-0.2, -0.15) is 0 Å². The second-order valence-corrected chi connectivity index (χ2v) is 4.85. The molecule has 0 radical (unpaired) electrons. The molecule has 1 heterocycles. The summed E-state index contributed by atoms with van der Waals surface area (Å²) in [5, 5.41) is 3.18. The number of amides is 1. The summed E-state index contributed by atoms with van der Waals surface area (Å²) in [5.41, 5.74) is 5.82. The number of guanidine groups is 1. The van der Waals surface area contributed by atoms with Crippen LogP contribution in [-0.2, 0) is 4.74 Å². The first-order valence-corrected chi connectivity index (χ1v) is 6.70. The summed E-state index contributed by atoms with van der Waals surface area (Å²) in [6, 6.07) is 0.760. The number of piperidine rings is 1. The van der Waals surface area contributed by atoms with Gasteiger partial charge in [-0.05, 0) is 32.6 Å². The number of hydrogen-bond acceptors (Lipinski definition) is 3. The molecule has 102 valence electrons. The van der Waals surface area contributed by atoms with Crippen molar-refractivity contribution in [2.75, 3.05) is 19.7 Å². The minimum absolute atomic E-state index is 0.219. The van der Waals surface area contributed by atoms with Crippen LogP contribution in [0.15, 0.2) is 4.99 Å². The zero-order valence-electron chi connectivity index (χ0n) is 10.9. The van der Waals surface area contributed by atoms with E-state index in [1.807, 2.05) is 6.92 Å². The predicted molar refractivity (Wildman–Crippen MR) is 69.4 cm³/mol. The van der Waals surface area contributed by atoms with E-state index in [4.69, 9.17) is 10.5 Å². The minimum atomic E-state index is -0.219. The molecule has 1 aliphatic carbocycles. The Balaban J connectivity index is 1.73. The van der Waals surface area contributed by atoms with Crippen LogP contribution < -0.4 is 11.1 Å². The Morgan fingerprint density at radius 3 is 2.61 bits per heavy atom. The molecule has 0 aromatic rings. The van der Waals surface area contributed by atoms with Crippen molar-refractivity contribution in [1.29, 1.82) is 0 Å². The summed E-state index contributed by atoms with van der Waals surface area (Å²) in [7, 11) is 0. The largest absolute Gasteiger partial charge is 0.450 e. The van der Waals surface area contributed by atoms with Crippen molar-refractivity contribution < 1.29 is 9.53 Å². The van der Waals surface area contributed by atoms with E-state index in [0.717, 1.165) is 12.8 Å². The summed E-state index contributed by atoms with van der Waals surface area (Å²) in [5.74, 6) is 0.548. The summed E-state index contributed by atoms with van der Waals surface area (Å²) < 4.78 is 4.97. The molecule has 2 rings (SSSR count). The normalized spacial score (nSPS) is 21.8. The van der Waals surface area contributed by atoms with Gasteiger partial charge in [0.15, 0.2) is 5.96 Å². The van der Waals surface area contributed by atoms with Gasteiger partial charge in [0.25, 0.3) is 0 Å². The Kier molecular flexibility index (Phi) is 4.28. The molecular formula is C12H22N4O2. The molecule has 1 saturated carbocycles. The van der Waals surface area contributed by atoms with E-state index in [1.165, 1.54) is 12.8 Å². The van der Waals surface area contributed by atoms with E-state index in [-0.39, 0.29) is 12.1 Å². The highest BCUT2D eigenvalue weighted by Gasteiger charge is 2.25. The zero-order valence-corrected chi connectivity index (χ0v) is 10.9. The number of carbonyl (C=O) groups is 1. The summed E-state index contributed by atoms with van der Waals surface area (Å²) in [6.45, 7) is 3.64. The molecule has 0 unspecified atom stereocenters. The van der Waals surface area contributed by atoms with Gasteiger partial charge in [0.2, 0.25) is 0 Å². The Bertz CT molecular complexity index is 320. The molecular weight excluding hydrogens is 232 g/mol. The maximum atomic E-state index is 11.5. The monoisotopic (exact) mass is 254 g/mol. The predicted octanol–water partition coefficient (Wildman–Crippen LogP) is 0.674. The Labute approximate surface area is 108 Å². The van der Waals surface area contributed by atoms with Crippen LogP contribution in [0.2, 0.25) is 0 Å². The van der Waals surface area contributed by atoms with Gasteiger partial charge < -0.3 is 20.7 Å². The van der Waals surface area contributed by atoms with Crippen molar-refractivity contribution >= 4 is 12.1 Å². The minimum Gasteiger partial charge on any atom is -0.450 e. The average Bonchev–Trinajstić information content (AvgIpc) is 3.14. The third-order valence-electron chi connectivity index (χ3n) is 3.24. The van der Waals surface area contributed by atoms with Crippen molar-refractivity contribution in [2.24, 2.45) is 10.7 Å². The van der Waals surface area contributed by atoms with E-state index in [1.54, 1.807) is 4.90 Å². The number of ether oxygens (including phenoxy) is 1. The number of carbonyl (C=O) groups excluding carboxylic acids is 1. The van der Waals surface area contributed by atoms with Crippen molar-refractivity contribution in [2.45, 2.75) is 44.7 Å². The smallest absolute Gasteiger partial charge is 0.409 e. The third-order valence-corrected chi connectivity index (χ3v) is 3.24. The molecule has 6 heteroatoms. The van der Waals surface area contributed by atoms with Gasteiger partial charge in [-0.25, -0.2) is 9.79 Å². The van der Waals surface area contributed by atoms with Crippen LogP contribution >= 0.6 is 0 Å². The maximum Gasteiger partial charge on any atom is 0.409 e. The number of nitrogens with zero attached hydrogens (tertiary/aromatic N) is 2. The van der Waals surface area contributed by atoms with Crippen molar-refractivity contribution in [3.05, 3.63) is 0 Å². The number of aliphatic imine (C=N–C) groups is 1. The molecule has 3 N–H and O–H groups in total. The van der Waals surface area contributed by atoms with E-state index in [2.05, 4.69) is 10.3 Å². The van der Waals surface area contributed by atoms with Crippen LogP contribution in [0.3, 0.4) is 0 Å². The second kappa shape index (κ2) is 5.93. The lowest BCUT2D eigenvalue weighted by Crippen LogP contribution is -2.41. The van der Waals surface area contributed by atoms with Crippen molar-refractivity contribution in [3.63, 3.8) is 0 Å². The highest BCUT2D eigenvalue weighted by atomic mass is 16.6. The first-order chi connectivity index (χ1) is 8.69. The molecule has 0 aromatic heterocycles. The first-order valence-electron chi connectivity index (χ1n) is 6.70. The number of rotatable bonds is 3. The molecule has 0 atom stereocenters. The van der Waals surface area contributed by atoms with Gasteiger partial charge in [-0.3, -0.25) is 0 Å². The fourth-order valence-corrected chi connectivity index (χ4v) is 2.06. The lowest BCUT2D eigenvalue weighted by Gasteiger charge is -2.29. The Morgan fingerprint density at radius 2 is 2.06 bits per heavy atom. The lowest BCUT2D eigenvalue weighted by molar-refractivity contribution is 0.0975. The molecule has 6 nitrogen and oxygen atoms in total. The molecule has 0 spiro atoms. The summed E-state index contributed by atoms with van der Waals surface area (Å²) in [6.07, 6.45) is 3.87. The third kappa shape index (κ3) is 3.78. The molecule has 0 bridgehead atoms. The fraction of sp³-hybridized carbons (Fsp3) is 0.833. The first kappa shape index (κ1) is 13.0. The molecule has 0 aromatic carbocycles. The topological polar surface area (TPSA) is 80.0 Å². The van der Waals surface area contributed by atoms with Crippen LogP contribution in [-0.4, -0.2) is 48.7 Å². The number of nitrogens with one attached hydrogen (secondary N) is 1. The van der Waals surface area contributed by atoms with Crippen LogP contribution in [0.25, 0.3) is 0 Å². The molecule has 2 fully saturated rings. The second-order valence-electron chi connectivity index (χ2n) is 4.85. The van der Waals surface area contributed by atoms with Crippen molar-refractivity contribution in [1.82, 2.24) is 10.2 Å². The van der Waals surface area contributed by atoms with Gasteiger partial charge in [-0.15, -0.1) is 0 Å². The average molecular weight is 254 g/mol. The standard InChI is InChI=1S/C12H22N4O2/c1-2-18-12(17)16-7-5-10(6-8-16)15-11(13)14-9-3-4-9/h9-10H,2-8H2,1H3,(H3,13,14,15). The van der Waals surface area contributed by atoms with Gasteiger partial charge >= 0.3 is 6.09 Å². The Morgan fingerprint density at radius 1 is 1.39 bits per heavy atom. The van der Waals surface area contributed by atoms with Gasteiger partial charge in [-0.1, -0.05) is 0 Å². The quantitative estimate of drug-likeness (QED) is 0.573. The summed E-state index contributed by atoms with van der Waals surface area (Å²) in [4.78, 5) is 17.7. The van der Waals surface area contributed by atoms with E-state index >= 15 is 0 Å². The maximum absolute atomic E-state index is 11.5. The fourth-order valence-electron chi connectivity index (χ4n) is 2.06. The van der Waals surface area contributed by atoms with Gasteiger partial charge in [0.1, 0.15) is 0 Å². The zero-order chi connectivity index (χ0) is 13.0. The number of hydrogen-bond donors (Lipinski definition) is 2. The van der Waals surface area contributed by atoms with Gasteiger partial charge in [0, 0.05) is 19.1 Å². The number of nitrogens with two attached hydrogens (primary N) is 1. The van der Waals surface area contributed by atoms with E-state index < -0.39 is 0 Å². The lowest BCUT2D eigenvalue weighted by atomic mass is 10.1. The highest BCUT2D eigenvalue weighted by Crippen LogP contribution is 2.19. The van der Waals surface area contributed by atoms with Gasteiger partial charge in [0.05, 0.1) is 12.6 Å². The van der Waals surface area contributed by atoms with Crippen LogP contribution in [0, 0.1) is 0 Å². The van der Waals surface area contributed by atoms with E-state index in [9.17, 15) is 4.79 Å². The van der Waals surface area contributed by atoms with E-state index in [0.29, 0.717) is 31.7 Å². The molecule has 1 amide bonds. The number of likely N-dealkylation sites (tertiary alicyclic amines) is 1. The molecule has 18 heavy (non-hydrogen) atoms.